The Bertz CT molecular complexity index is 616. The molecule has 0 aliphatic rings. The molecule has 6 nitrogen and oxygen atoms in total. The first kappa shape index (κ1) is 20.7. The minimum Gasteiger partial charge on any atom is -0.494 e. The zero-order valence-electron chi connectivity index (χ0n) is 15.3. The first-order chi connectivity index (χ1) is 11.6. The van der Waals surface area contributed by atoms with Crippen LogP contribution in [-0.4, -0.2) is 36.7 Å². The molecular formula is C18H26FNO5. The number of ether oxygens (including phenoxy) is 2. The number of rotatable bonds is 9. The van der Waals surface area contributed by atoms with E-state index in [1.54, 1.807) is 13.8 Å². The zero-order valence-corrected chi connectivity index (χ0v) is 15.3. The highest BCUT2D eigenvalue weighted by molar-refractivity contribution is 5.79. The maximum absolute atomic E-state index is 13.7. The third-order valence-electron chi connectivity index (χ3n) is 4.02. The highest BCUT2D eigenvalue weighted by atomic mass is 19.1. The van der Waals surface area contributed by atoms with Crippen molar-refractivity contribution < 1.29 is 28.6 Å². The number of hydrogen-bond donors (Lipinski definition) is 2. The van der Waals surface area contributed by atoms with E-state index in [1.807, 2.05) is 13.8 Å². The first-order valence-electron chi connectivity index (χ1n) is 8.06. The van der Waals surface area contributed by atoms with Crippen molar-refractivity contribution in [3.8, 4) is 11.5 Å². The van der Waals surface area contributed by atoms with Crippen molar-refractivity contribution in [2.75, 3.05) is 13.7 Å². The molecule has 140 valence electrons. The molecule has 0 saturated carbocycles. The summed E-state index contributed by atoms with van der Waals surface area (Å²) in [5.74, 6) is -0.157. The van der Waals surface area contributed by atoms with E-state index < -0.39 is 17.4 Å². The lowest BCUT2D eigenvalue weighted by molar-refractivity contribution is 0.111. The van der Waals surface area contributed by atoms with Crippen LogP contribution in [-0.2, 0) is 0 Å². The van der Waals surface area contributed by atoms with Crippen molar-refractivity contribution in [2.24, 2.45) is 11.8 Å². The highest BCUT2D eigenvalue weighted by Gasteiger charge is 2.27. The average molecular weight is 355 g/mol. The van der Waals surface area contributed by atoms with Gasteiger partial charge in [-0.2, -0.15) is 0 Å². The molecule has 0 aliphatic heterocycles. The Kier molecular flexibility index (Phi) is 7.21. The van der Waals surface area contributed by atoms with Crippen LogP contribution in [0.2, 0.25) is 0 Å². The van der Waals surface area contributed by atoms with E-state index in [0.29, 0.717) is 12.7 Å². The van der Waals surface area contributed by atoms with Gasteiger partial charge in [-0.25, -0.2) is 9.18 Å². The molecule has 1 aromatic carbocycles. The van der Waals surface area contributed by atoms with Crippen LogP contribution in [0, 0.1) is 17.7 Å². The van der Waals surface area contributed by atoms with Crippen LogP contribution in [0.5, 0.6) is 11.5 Å². The van der Waals surface area contributed by atoms with Crippen molar-refractivity contribution in [2.45, 2.75) is 39.7 Å². The summed E-state index contributed by atoms with van der Waals surface area (Å²) in [6.07, 6.45) is -0.0101. The van der Waals surface area contributed by atoms with Crippen LogP contribution < -0.4 is 14.8 Å². The maximum atomic E-state index is 13.7. The maximum Gasteiger partial charge on any atom is 0.405 e. The molecule has 25 heavy (non-hydrogen) atoms. The van der Waals surface area contributed by atoms with Crippen LogP contribution in [0.4, 0.5) is 9.18 Å². The number of amides is 1. The van der Waals surface area contributed by atoms with Gasteiger partial charge in [0.1, 0.15) is 5.75 Å². The molecule has 2 N–H and O–H groups in total. The van der Waals surface area contributed by atoms with E-state index in [0.717, 1.165) is 6.07 Å². The molecule has 0 saturated heterocycles. The lowest BCUT2D eigenvalue weighted by Gasteiger charge is -2.31. The number of aldehydes is 1. The van der Waals surface area contributed by atoms with Gasteiger partial charge < -0.3 is 19.9 Å². The summed E-state index contributed by atoms with van der Waals surface area (Å²) >= 11 is 0. The monoisotopic (exact) mass is 355 g/mol. The number of nitrogens with one attached hydrogen (secondary N) is 1. The third-order valence-corrected chi connectivity index (χ3v) is 4.02. The molecular weight excluding hydrogens is 329 g/mol. The molecule has 1 unspecified atom stereocenters. The predicted molar refractivity (Wildman–Crippen MR) is 92.0 cm³/mol. The number of carboxylic acid groups (broad SMARTS) is 1. The Morgan fingerprint density at radius 1 is 1.36 bits per heavy atom. The van der Waals surface area contributed by atoms with E-state index in [2.05, 4.69) is 5.32 Å². The molecule has 0 radical (unpaired) electrons. The molecule has 0 heterocycles. The second-order valence-corrected chi connectivity index (χ2v) is 6.98. The molecule has 0 fully saturated rings. The van der Waals surface area contributed by atoms with Gasteiger partial charge in [0.2, 0.25) is 0 Å². The Hall–Kier alpha value is -2.31. The summed E-state index contributed by atoms with van der Waals surface area (Å²) in [5.41, 5.74) is -0.526. The highest BCUT2D eigenvalue weighted by Crippen LogP contribution is 2.29. The molecule has 1 aromatic rings. The van der Waals surface area contributed by atoms with Gasteiger partial charge in [0.15, 0.2) is 17.9 Å². The largest absolute Gasteiger partial charge is 0.494 e. The van der Waals surface area contributed by atoms with Gasteiger partial charge in [-0.05, 0) is 38.2 Å². The molecule has 0 aromatic heterocycles. The number of benzene rings is 1. The summed E-state index contributed by atoms with van der Waals surface area (Å²) in [5, 5.41) is 11.4. The second-order valence-electron chi connectivity index (χ2n) is 6.98. The van der Waals surface area contributed by atoms with E-state index in [4.69, 9.17) is 14.6 Å². The van der Waals surface area contributed by atoms with Crippen molar-refractivity contribution >= 4 is 12.4 Å². The number of carbonyl (C=O) groups is 2. The minimum absolute atomic E-state index is 0.00503. The Morgan fingerprint density at radius 2 is 2.00 bits per heavy atom. The topological polar surface area (TPSA) is 84.9 Å². The zero-order chi connectivity index (χ0) is 19.2. The molecule has 0 aliphatic carbocycles. The van der Waals surface area contributed by atoms with Gasteiger partial charge in [-0.1, -0.05) is 13.8 Å². The summed E-state index contributed by atoms with van der Waals surface area (Å²) in [6, 6.07) is 2.42. The summed E-state index contributed by atoms with van der Waals surface area (Å²) in [4.78, 5) is 22.0. The van der Waals surface area contributed by atoms with E-state index in [-0.39, 0.29) is 35.5 Å². The average Bonchev–Trinajstić information content (AvgIpc) is 2.50. The van der Waals surface area contributed by atoms with Gasteiger partial charge in [-0.3, -0.25) is 4.79 Å². The van der Waals surface area contributed by atoms with Crippen molar-refractivity contribution in [3.63, 3.8) is 0 Å². The third kappa shape index (κ3) is 6.25. The number of methoxy groups -OCH3 is 1. The molecule has 1 atom stereocenters. The van der Waals surface area contributed by atoms with Crippen LogP contribution in [0.3, 0.4) is 0 Å². The SMILES string of the molecule is COc1cc(OCC(CC(C)(C)NC(=O)O)C(C)C)c(C=O)cc1F. The standard InChI is InChI=1S/C18H26FNO5/c1-11(2)13(8-18(3,4)20-17(22)23)10-25-15-7-16(24-5)14(19)6-12(15)9-21/h6-7,9,11,13,20H,8,10H2,1-5H3,(H,22,23). The molecule has 1 rings (SSSR count). The fraction of sp³-hybridized carbons (Fsp3) is 0.556. The Balaban J connectivity index is 2.91. The first-order valence-corrected chi connectivity index (χ1v) is 8.06. The molecule has 0 bridgehead atoms. The van der Waals surface area contributed by atoms with Crippen molar-refractivity contribution in [1.29, 1.82) is 0 Å². The van der Waals surface area contributed by atoms with Crippen molar-refractivity contribution in [3.05, 3.63) is 23.5 Å². The van der Waals surface area contributed by atoms with Gasteiger partial charge in [0.25, 0.3) is 0 Å². The Morgan fingerprint density at radius 3 is 2.48 bits per heavy atom. The van der Waals surface area contributed by atoms with Gasteiger partial charge in [0, 0.05) is 11.6 Å². The lowest BCUT2D eigenvalue weighted by Crippen LogP contribution is -2.45. The van der Waals surface area contributed by atoms with Crippen LogP contribution in [0.15, 0.2) is 12.1 Å². The fourth-order valence-electron chi connectivity index (χ4n) is 2.60. The number of hydrogen-bond acceptors (Lipinski definition) is 4. The minimum atomic E-state index is -1.08. The van der Waals surface area contributed by atoms with Gasteiger partial charge in [0.05, 0.1) is 19.3 Å². The van der Waals surface area contributed by atoms with Gasteiger partial charge in [-0.15, -0.1) is 0 Å². The molecule has 1 amide bonds. The predicted octanol–water partition coefficient (Wildman–Crippen LogP) is 3.73. The number of carbonyl (C=O) groups excluding carboxylic acids is 1. The smallest absolute Gasteiger partial charge is 0.405 e. The van der Waals surface area contributed by atoms with Crippen LogP contribution in [0.25, 0.3) is 0 Å². The van der Waals surface area contributed by atoms with E-state index in [9.17, 15) is 14.0 Å². The lowest BCUT2D eigenvalue weighted by atomic mass is 9.84. The van der Waals surface area contributed by atoms with Gasteiger partial charge >= 0.3 is 6.09 Å². The summed E-state index contributed by atoms with van der Waals surface area (Å²) in [7, 11) is 1.33. The summed E-state index contributed by atoms with van der Waals surface area (Å²) in [6.45, 7) is 7.88. The number of halogens is 1. The molecule has 7 heteroatoms. The Labute approximate surface area is 147 Å². The fourth-order valence-corrected chi connectivity index (χ4v) is 2.60. The van der Waals surface area contributed by atoms with Crippen molar-refractivity contribution in [1.82, 2.24) is 5.32 Å². The summed E-state index contributed by atoms with van der Waals surface area (Å²) < 4.78 is 24.3. The quantitative estimate of drug-likeness (QED) is 0.659. The van der Waals surface area contributed by atoms with E-state index in [1.165, 1.54) is 13.2 Å². The van der Waals surface area contributed by atoms with Crippen LogP contribution in [0.1, 0.15) is 44.5 Å². The normalized spacial score (nSPS) is 12.6. The second kappa shape index (κ2) is 8.69. The van der Waals surface area contributed by atoms with Crippen LogP contribution >= 0.6 is 0 Å². The van der Waals surface area contributed by atoms with E-state index >= 15 is 0 Å². The molecule has 0 spiro atoms.